The molecule has 1 heterocycles. The topological polar surface area (TPSA) is 39.2 Å². The molecule has 3 heteroatoms. The Kier molecular flexibility index (Phi) is 9.67. The lowest BCUT2D eigenvalue weighted by Gasteiger charge is -2.07. The highest BCUT2D eigenvalue weighted by atomic mass is 16.5. The van der Waals surface area contributed by atoms with Crippen molar-refractivity contribution in [2.24, 2.45) is 0 Å². The smallest absolute Gasteiger partial charge is 0.302 e. The molecule has 0 spiro atoms. The predicted octanol–water partition coefficient (Wildman–Crippen LogP) is 4.64. The molecule has 1 aromatic rings. The molecular weight excluding hydrogens is 274 g/mol. The number of hydrogen-bond acceptors (Lipinski definition) is 3. The molecule has 0 radical (unpaired) electrons. The van der Waals surface area contributed by atoms with Crippen LogP contribution in [0.15, 0.2) is 48.8 Å². The van der Waals surface area contributed by atoms with Gasteiger partial charge in [0, 0.05) is 25.7 Å². The Morgan fingerprint density at radius 3 is 2.82 bits per heavy atom. The first kappa shape index (κ1) is 18.1. The molecule has 0 saturated heterocycles. The van der Waals surface area contributed by atoms with Crippen LogP contribution in [0.3, 0.4) is 0 Å². The Hall–Kier alpha value is -1.90. The van der Waals surface area contributed by atoms with E-state index in [-0.39, 0.29) is 12.1 Å². The highest BCUT2D eigenvalue weighted by Gasteiger charge is 2.01. The summed E-state index contributed by atoms with van der Waals surface area (Å²) in [6.07, 6.45) is 18.7. The van der Waals surface area contributed by atoms with Gasteiger partial charge in [0.05, 0.1) is 0 Å². The highest BCUT2D eigenvalue weighted by molar-refractivity contribution is 5.66. The fraction of sp³-hybridized carbons (Fsp3) is 0.474. The van der Waals surface area contributed by atoms with Crippen molar-refractivity contribution in [3.63, 3.8) is 0 Å². The van der Waals surface area contributed by atoms with Crippen molar-refractivity contribution in [1.29, 1.82) is 0 Å². The monoisotopic (exact) mass is 301 g/mol. The van der Waals surface area contributed by atoms with Gasteiger partial charge in [-0.05, 0) is 44.2 Å². The van der Waals surface area contributed by atoms with Gasteiger partial charge >= 0.3 is 5.97 Å². The third kappa shape index (κ3) is 9.92. The minimum absolute atomic E-state index is 0.0466. The van der Waals surface area contributed by atoms with Crippen LogP contribution >= 0.6 is 0 Å². The lowest BCUT2D eigenvalue weighted by molar-refractivity contribution is -0.145. The van der Waals surface area contributed by atoms with E-state index in [9.17, 15) is 4.79 Å². The van der Waals surface area contributed by atoms with Gasteiger partial charge in [-0.25, -0.2) is 0 Å². The van der Waals surface area contributed by atoms with Gasteiger partial charge in [0.1, 0.15) is 6.10 Å². The van der Waals surface area contributed by atoms with Crippen molar-refractivity contribution >= 4 is 5.97 Å². The number of nitrogens with zero attached hydrogens (tertiary/aromatic N) is 1. The number of carbonyl (C=O) groups excluding carboxylic acids is 1. The highest BCUT2D eigenvalue weighted by Crippen LogP contribution is 2.07. The fourth-order valence-electron chi connectivity index (χ4n) is 2.17. The third-order valence-corrected chi connectivity index (χ3v) is 3.28. The van der Waals surface area contributed by atoms with E-state index in [0.29, 0.717) is 0 Å². The van der Waals surface area contributed by atoms with Crippen molar-refractivity contribution in [2.45, 2.75) is 58.5 Å². The van der Waals surface area contributed by atoms with Gasteiger partial charge in [0.25, 0.3) is 0 Å². The van der Waals surface area contributed by atoms with E-state index in [1.165, 1.54) is 31.7 Å². The number of rotatable bonds is 10. The molecule has 0 aliphatic carbocycles. The summed E-state index contributed by atoms with van der Waals surface area (Å²) < 4.78 is 5.04. The van der Waals surface area contributed by atoms with Gasteiger partial charge in [-0.1, -0.05) is 36.8 Å². The van der Waals surface area contributed by atoms with E-state index >= 15 is 0 Å². The fourth-order valence-corrected chi connectivity index (χ4v) is 2.17. The molecule has 0 amide bonds. The lowest BCUT2D eigenvalue weighted by atomic mass is 10.1. The zero-order valence-corrected chi connectivity index (χ0v) is 13.7. The molecule has 0 N–H and O–H groups in total. The molecule has 22 heavy (non-hydrogen) atoms. The third-order valence-electron chi connectivity index (χ3n) is 3.28. The zero-order valence-electron chi connectivity index (χ0n) is 13.7. The molecule has 0 bridgehead atoms. The van der Waals surface area contributed by atoms with Crippen molar-refractivity contribution < 1.29 is 9.53 Å². The summed E-state index contributed by atoms with van der Waals surface area (Å²) in [6.45, 7) is 3.34. The van der Waals surface area contributed by atoms with Crippen LogP contribution in [-0.2, 0) is 16.0 Å². The van der Waals surface area contributed by atoms with Gasteiger partial charge in [-0.2, -0.15) is 0 Å². The Morgan fingerprint density at radius 2 is 2.09 bits per heavy atom. The Labute approximate surface area is 134 Å². The van der Waals surface area contributed by atoms with E-state index in [2.05, 4.69) is 23.2 Å². The van der Waals surface area contributed by atoms with Gasteiger partial charge in [0.2, 0.25) is 0 Å². The zero-order chi connectivity index (χ0) is 16.0. The number of esters is 1. The van der Waals surface area contributed by atoms with Gasteiger partial charge in [0.15, 0.2) is 0 Å². The van der Waals surface area contributed by atoms with Gasteiger partial charge < -0.3 is 4.74 Å². The average molecular weight is 301 g/mol. The second kappa shape index (κ2) is 11.7. The first-order valence-corrected chi connectivity index (χ1v) is 8.06. The van der Waals surface area contributed by atoms with Crippen LogP contribution < -0.4 is 0 Å². The second-order valence-electron chi connectivity index (χ2n) is 5.47. The normalized spacial score (nSPS) is 12.8. The molecule has 1 unspecified atom stereocenters. The predicted molar refractivity (Wildman–Crippen MR) is 90.5 cm³/mol. The number of aryl methyl sites for hydroxylation is 1. The molecule has 0 aliphatic rings. The standard InChI is InChI=1S/C19H27NO2/c1-17(22-18(2)21)12-9-7-5-3-4-6-8-10-13-19-14-11-15-20-16-19/h3,5,7,9,11,14-17H,4,6,8,10,12-13H2,1-2H3. The van der Waals surface area contributed by atoms with Crippen LogP contribution in [-0.4, -0.2) is 17.1 Å². The van der Waals surface area contributed by atoms with Gasteiger partial charge in [-0.15, -0.1) is 0 Å². The van der Waals surface area contributed by atoms with Crippen LogP contribution in [0.25, 0.3) is 0 Å². The first-order valence-electron chi connectivity index (χ1n) is 8.06. The Morgan fingerprint density at radius 1 is 1.27 bits per heavy atom. The molecule has 1 atom stereocenters. The molecular formula is C19H27NO2. The van der Waals surface area contributed by atoms with Crippen molar-refractivity contribution in [3.8, 4) is 0 Å². The summed E-state index contributed by atoms with van der Waals surface area (Å²) >= 11 is 0. The SMILES string of the molecule is CC(=O)OC(C)CC=CC=CCCCCCc1cccnc1. The van der Waals surface area contributed by atoms with E-state index in [1.807, 2.05) is 37.5 Å². The summed E-state index contributed by atoms with van der Waals surface area (Å²) in [5, 5.41) is 0. The summed E-state index contributed by atoms with van der Waals surface area (Å²) in [4.78, 5) is 14.9. The number of hydrogen-bond donors (Lipinski definition) is 0. The Balaban J connectivity index is 1.99. The van der Waals surface area contributed by atoms with Crippen LogP contribution in [0.5, 0.6) is 0 Å². The Bertz CT molecular complexity index is 466. The second-order valence-corrected chi connectivity index (χ2v) is 5.47. The largest absolute Gasteiger partial charge is 0.463 e. The van der Waals surface area contributed by atoms with Crippen molar-refractivity contribution in [3.05, 3.63) is 54.4 Å². The van der Waals surface area contributed by atoms with Crippen LogP contribution in [0.2, 0.25) is 0 Å². The van der Waals surface area contributed by atoms with E-state index in [0.717, 1.165) is 19.3 Å². The van der Waals surface area contributed by atoms with Crippen molar-refractivity contribution in [2.75, 3.05) is 0 Å². The van der Waals surface area contributed by atoms with Crippen molar-refractivity contribution in [1.82, 2.24) is 4.98 Å². The summed E-state index contributed by atoms with van der Waals surface area (Å²) in [7, 11) is 0. The maximum absolute atomic E-state index is 10.7. The molecule has 3 nitrogen and oxygen atoms in total. The van der Waals surface area contributed by atoms with E-state index in [4.69, 9.17) is 4.74 Å². The lowest BCUT2D eigenvalue weighted by Crippen LogP contribution is -2.10. The quantitative estimate of drug-likeness (QED) is 0.359. The number of carbonyl (C=O) groups is 1. The van der Waals surface area contributed by atoms with Crippen LogP contribution in [0.1, 0.15) is 51.5 Å². The molecule has 1 aromatic heterocycles. The summed E-state index contributed by atoms with van der Waals surface area (Å²) in [5.41, 5.74) is 1.32. The minimum atomic E-state index is -0.220. The average Bonchev–Trinajstić information content (AvgIpc) is 2.49. The first-order chi connectivity index (χ1) is 10.7. The van der Waals surface area contributed by atoms with Crippen LogP contribution in [0.4, 0.5) is 0 Å². The van der Waals surface area contributed by atoms with Crippen LogP contribution in [0, 0.1) is 0 Å². The number of unbranched alkanes of at least 4 members (excludes halogenated alkanes) is 3. The molecule has 1 rings (SSSR count). The minimum Gasteiger partial charge on any atom is -0.463 e. The number of allylic oxidation sites excluding steroid dienone is 3. The molecule has 0 aromatic carbocycles. The number of aromatic nitrogens is 1. The molecule has 0 aliphatic heterocycles. The molecule has 0 fully saturated rings. The summed E-state index contributed by atoms with van der Waals surface area (Å²) in [6, 6.07) is 4.13. The maximum Gasteiger partial charge on any atom is 0.302 e. The van der Waals surface area contributed by atoms with E-state index in [1.54, 1.807) is 0 Å². The maximum atomic E-state index is 10.7. The van der Waals surface area contributed by atoms with E-state index < -0.39 is 0 Å². The number of ether oxygens (including phenoxy) is 1. The molecule has 120 valence electrons. The summed E-state index contributed by atoms with van der Waals surface area (Å²) in [5.74, 6) is -0.220. The van der Waals surface area contributed by atoms with Gasteiger partial charge in [-0.3, -0.25) is 9.78 Å². The number of pyridine rings is 1. The molecule has 0 saturated carbocycles.